The van der Waals surface area contributed by atoms with Gasteiger partial charge in [0, 0.05) is 18.1 Å². The van der Waals surface area contributed by atoms with Crippen molar-refractivity contribution in [2.24, 2.45) is 5.92 Å². The van der Waals surface area contributed by atoms with Gasteiger partial charge in [0.15, 0.2) is 0 Å². The van der Waals surface area contributed by atoms with E-state index in [1.807, 2.05) is 0 Å². The molecule has 0 aromatic heterocycles. The van der Waals surface area contributed by atoms with Crippen molar-refractivity contribution in [3.63, 3.8) is 0 Å². The van der Waals surface area contributed by atoms with E-state index in [4.69, 9.17) is 4.74 Å². The third kappa shape index (κ3) is 3.12. The second-order valence-corrected chi connectivity index (χ2v) is 7.81. The average molecular weight is 348 g/mol. The van der Waals surface area contributed by atoms with Gasteiger partial charge in [0.05, 0.1) is 7.11 Å². The Balaban J connectivity index is 2.29. The maximum atomic E-state index is 12.6. The quantitative estimate of drug-likeness (QED) is 0.822. The summed E-state index contributed by atoms with van der Waals surface area (Å²) in [4.78, 5) is 0.214. The molecule has 1 aliphatic rings. The molecule has 0 aliphatic heterocycles. The summed E-state index contributed by atoms with van der Waals surface area (Å²) in [6, 6.07) is 5.02. The van der Waals surface area contributed by atoms with Crippen LogP contribution in [0.15, 0.2) is 27.6 Å². The van der Waals surface area contributed by atoms with Crippen LogP contribution in [-0.2, 0) is 10.0 Å². The van der Waals surface area contributed by atoms with Crippen LogP contribution in [-0.4, -0.2) is 33.4 Å². The standard InChI is InChI=1S/C13H18BrNO3S/c1-15(9-10-4-3-5-10)19(16,17)13-8-11(14)6-7-12(13)18-2/h6-8,10H,3-5,9H2,1-2H3. The lowest BCUT2D eigenvalue weighted by atomic mass is 9.86. The zero-order chi connectivity index (χ0) is 14.0. The van der Waals surface area contributed by atoms with Crippen LogP contribution in [0.5, 0.6) is 5.75 Å². The van der Waals surface area contributed by atoms with Crippen LogP contribution < -0.4 is 4.74 Å². The Morgan fingerprint density at radius 2 is 2.11 bits per heavy atom. The summed E-state index contributed by atoms with van der Waals surface area (Å²) in [6.45, 7) is 0.581. The van der Waals surface area contributed by atoms with Gasteiger partial charge in [-0.05, 0) is 37.0 Å². The first-order chi connectivity index (χ1) is 8.95. The van der Waals surface area contributed by atoms with Gasteiger partial charge in [-0.1, -0.05) is 22.4 Å². The highest BCUT2D eigenvalue weighted by molar-refractivity contribution is 9.10. The lowest BCUT2D eigenvalue weighted by Gasteiger charge is -2.29. The second kappa shape index (κ2) is 5.81. The number of rotatable bonds is 5. The highest BCUT2D eigenvalue weighted by Gasteiger charge is 2.29. The molecular formula is C13H18BrNO3S. The maximum Gasteiger partial charge on any atom is 0.246 e. The third-order valence-corrected chi connectivity index (χ3v) is 5.89. The van der Waals surface area contributed by atoms with Crippen molar-refractivity contribution in [2.45, 2.75) is 24.2 Å². The summed E-state index contributed by atoms with van der Waals surface area (Å²) in [5.74, 6) is 0.876. The Bertz CT molecular complexity index is 555. The van der Waals surface area contributed by atoms with Crippen LogP contribution >= 0.6 is 15.9 Å². The van der Waals surface area contributed by atoms with Gasteiger partial charge in [-0.3, -0.25) is 0 Å². The van der Waals surface area contributed by atoms with Gasteiger partial charge in [-0.2, -0.15) is 0 Å². The van der Waals surface area contributed by atoms with E-state index in [-0.39, 0.29) is 4.90 Å². The first-order valence-electron chi connectivity index (χ1n) is 6.25. The Hall–Kier alpha value is -0.590. The Kier molecular flexibility index (Phi) is 4.53. The molecule has 1 saturated carbocycles. The van der Waals surface area contributed by atoms with Crippen LogP contribution in [0.25, 0.3) is 0 Å². The lowest BCUT2D eigenvalue weighted by Crippen LogP contribution is -2.34. The minimum atomic E-state index is -3.50. The normalized spacial score (nSPS) is 16.4. The predicted molar refractivity (Wildman–Crippen MR) is 77.9 cm³/mol. The van der Waals surface area contributed by atoms with Crippen LogP contribution in [0.2, 0.25) is 0 Å². The van der Waals surface area contributed by atoms with Crippen LogP contribution in [0.4, 0.5) is 0 Å². The largest absolute Gasteiger partial charge is 0.495 e. The fourth-order valence-corrected chi connectivity index (χ4v) is 4.09. The number of ether oxygens (including phenoxy) is 1. The molecule has 0 saturated heterocycles. The van der Waals surface area contributed by atoms with E-state index in [2.05, 4.69) is 15.9 Å². The molecule has 106 valence electrons. The molecule has 1 aliphatic carbocycles. The van der Waals surface area contributed by atoms with Crippen LogP contribution in [0.1, 0.15) is 19.3 Å². The molecule has 1 aromatic carbocycles. The molecule has 0 N–H and O–H groups in total. The summed E-state index contributed by atoms with van der Waals surface area (Å²) >= 11 is 3.30. The minimum absolute atomic E-state index is 0.214. The van der Waals surface area contributed by atoms with Crippen molar-refractivity contribution >= 4 is 26.0 Å². The Morgan fingerprint density at radius 1 is 1.42 bits per heavy atom. The summed E-state index contributed by atoms with van der Waals surface area (Å²) in [6.07, 6.45) is 3.45. The SMILES string of the molecule is COc1ccc(Br)cc1S(=O)(=O)N(C)CC1CCC1. The predicted octanol–water partition coefficient (Wildman–Crippen LogP) is 2.88. The summed E-state index contributed by atoms with van der Waals surface area (Å²) < 4.78 is 32.4. The molecule has 0 heterocycles. The number of nitrogens with zero attached hydrogens (tertiary/aromatic N) is 1. The fourth-order valence-electron chi connectivity index (χ4n) is 2.16. The molecule has 1 aromatic rings. The highest BCUT2D eigenvalue weighted by atomic mass is 79.9. The first-order valence-corrected chi connectivity index (χ1v) is 8.48. The van der Waals surface area contributed by atoms with Gasteiger partial charge in [-0.15, -0.1) is 0 Å². The fraction of sp³-hybridized carbons (Fsp3) is 0.538. The highest BCUT2D eigenvalue weighted by Crippen LogP contribution is 2.32. The zero-order valence-electron chi connectivity index (χ0n) is 11.1. The number of benzene rings is 1. The summed E-state index contributed by atoms with van der Waals surface area (Å²) in [7, 11) is -0.384. The Morgan fingerprint density at radius 3 is 2.63 bits per heavy atom. The van der Waals surface area contributed by atoms with E-state index in [0.29, 0.717) is 18.2 Å². The van der Waals surface area contributed by atoms with Crippen molar-refractivity contribution in [1.82, 2.24) is 4.31 Å². The molecule has 1 fully saturated rings. The first kappa shape index (κ1) is 14.8. The second-order valence-electron chi connectivity index (χ2n) is 4.88. The topological polar surface area (TPSA) is 46.6 Å². The van der Waals surface area contributed by atoms with E-state index in [1.54, 1.807) is 25.2 Å². The minimum Gasteiger partial charge on any atom is -0.495 e. The smallest absolute Gasteiger partial charge is 0.246 e. The molecule has 4 nitrogen and oxygen atoms in total. The lowest BCUT2D eigenvalue weighted by molar-refractivity contribution is 0.262. The molecule has 0 amide bonds. The van der Waals surface area contributed by atoms with E-state index < -0.39 is 10.0 Å². The third-order valence-electron chi connectivity index (χ3n) is 3.55. The monoisotopic (exact) mass is 347 g/mol. The van der Waals surface area contributed by atoms with E-state index in [0.717, 1.165) is 17.3 Å². The molecule has 6 heteroatoms. The molecule has 0 bridgehead atoms. The number of halogens is 1. The molecule has 19 heavy (non-hydrogen) atoms. The summed E-state index contributed by atoms with van der Waals surface area (Å²) in [5.41, 5.74) is 0. The van der Waals surface area contributed by atoms with E-state index in [1.165, 1.54) is 17.8 Å². The maximum absolute atomic E-state index is 12.6. The molecule has 2 rings (SSSR count). The van der Waals surface area contributed by atoms with Crippen molar-refractivity contribution in [1.29, 1.82) is 0 Å². The van der Waals surface area contributed by atoms with Crippen LogP contribution in [0.3, 0.4) is 0 Å². The number of methoxy groups -OCH3 is 1. The van der Waals surface area contributed by atoms with Crippen LogP contribution in [0, 0.1) is 5.92 Å². The van der Waals surface area contributed by atoms with Gasteiger partial charge in [0.1, 0.15) is 10.6 Å². The van der Waals surface area contributed by atoms with Crippen molar-refractivity contribution in [2.75, 3.05) is 20.7 Å². The molecule has 0 atom stereocenters. The zero-order valence-corrected chi connectivity index (χ0v) is 13.5. The molecule has 0 spiro atoms. The Labute approximate surface area is 122 Å². The van der Waals surface area contributed by atoms with Gasteiger partial charge < -0.3 is 4.74 Å². The van der Waals surface area contributed by atoms with Crippen molar-refractivity contribution < 1.29 is 13.2 Å². The van der Waals surface area contributed by atoms with E-state index in [9.17, 15) is 8.42 Å². The molecular weight excluding hydrogens is 330 g/mol. The molecule has 0 unspecified atom stereocenters. The van der Waals surface area contributed by atoms with Gasteiger partial charge in [-0.25, -0.2) is 12.7 Å². The van der Waals surface area contributed by atoms with Crippen molar-refractivity contribution in [3.05, 3.63) is 22.7 Å². The van der Waals surface area contributed by atoms with Gasteiger partial charge in [0.25, 0.3) is 0 Å². The van der Waals surface area contributed by atoms with E-state index >= 15 is 0 Å². The number of sulfonamides is 1. The molecule has 0 radical (unpaired) electrons. The number of hydrogen-bond acceptors (Lipinski definition) is 3. The number of hydrogen-bond donors (Lipinski definition) is 0. The van der Waals surface area contributed by atoms with Crippen molar-refractivity contribution in [3.8, 4) is 5.75 Å². The van der Waals surface area contributed by atoms with Gasteiger partial charge in [0.2, 0.25) is 10.0 Å². The average Bonchev–Trinajstić information content (AvgIpc) is 2.33. The summed E-state index contributed by atoms with van der Waals surface area (Å²) in [5, 5.41) is 0. The van der Waals surface area contributed by atoms with Gasteiger partial charge >= 0.3 is 0 Å².